The van der Waals surface area contributed by atoms with Crippen molar-refractivity contribution in [1.82, 2.24) is 10.3 Å². The van der Waals surface area contributed by atoms with Crippen molar-refractivity contribution in [1.29, 1.82) is 0 Å². The molecule has 0 amide bonds. The summed E-state index contributed by atoms with van der Waals surface area (Å²) < 4.78 is 0. The Bertz CT molecular complexity index is 374. The minimum atomic E-state index is 0.773. The molecule has 1 aromatic rings. The van der Waals surface area contributed by atoms with Gasteiger partial charge in [0.05, 0.1) is 5.02 Å². The standard InChI is InChI=1S/C14H19ClN2/c15-14-9-16-6-5-12(14)7-17-8-13(10-1-2-10)11-3-4-11/h5-6,9-11,13,17H,1-4,7-8H2. The van der Waals surface area contributed by atoms with Crippen molar-refractivity contribution in [2.75, 3.05) is 6.54 Å². The molecular weight excluding hydrogens is 232 g/mol. The summed E-state index contributed by atoms with van der Waals surface area (Å²) in [7, 11) is 0. The van der Waals surface area contributed by atoms with Gasteiger partial charge in [-0.25, -0.2) is 0 Å². The van der Waals surface area contributed by atoms with E-state index in [2.05, 4.69) is 10.3 Å². The monoisotopic (exact) mass is 250 g/mol. The topological polar surface area (TPSA) is 24.9 Å². The van der Waals surface area contributed by atoms with E-state index >= 15 is 0 Å². The summed E-state index contributed by atoms with van der Waals surface area (Å²) in [6.07, 6.45) is 9.36. The number of nitrogens with one attached hydrogen (secondary N) is 1. The molecule has 0 radical (unpaired) electrons. The molecule has 0 spiro atoms. The summed E-state index contributed by atoms with van der Waals surface area (Å²) in [5.41, 5.74) is 1.16. The average Bonchev–Trinajstić information content (AvgIpc) is 3.18. The Morgan fingerprint density at radius 2 is 2.00 bits per heavy atom. The zero-order chi connectivity index (χ0) is 11.7. The molecule has 0 aromatic carbocycles. The molecule has 3 rings (SSSR count). The number of hydrogen-bond donors (Lipinski definition) is 1. The number of hydrogen-bond acceptors (Lipinski definition) is 2. The summed E-state index contributed by atoms with van der Waals surface area (Å²) in [4.78, 5) is 4.00. The van der Waals surface area contributed by atoms with Gasteiger partial charge in [0.1, 0.15) is 0 Å². The number of halogens is 1. The first-order valence-corrected chi connectivity index (χ1v) is 7.01. The summed E-state index contributed by atoms with van der Waals surface area (Å²) in [5, 5.41) is 4.35. The van der Waals surface area contributed by atoms with Crippen molar-refractivity contribution in [2.24, 2.45) is 17.8 Å². The lowest BCUT2D eigenvalue weighted by Gasteiger charge is -2.16. The van der Waals surface area contributed by atoms with Crippen LogP contribution in [0.4, 0.5) is 0 Å². The molecule has 3 heteroatoms. The van der Waals surface area contributed by atoms with Crippen molar-refractivity contribution < 1.29 is 0 Å². The highest BCUT2D eigenvalue weighted by Gasteiger charge is 2.40. The smallest absolute Gasteiger partial charge is 0.0634 e. The van der Waals surface area contributed by atoms with E-state index in [0.29, 0.717) is 0 Å². The Kier molecular flexibility index (Phi) is 3.34. The summed E-state index contributed by atoms with van der Waals surface area (Å²) in [6.45, 7) is 2.03. The maximum Gasteiger partial charge on any atom is 0.0634 e. The minimum Gasteiger partial charge on any atom is -0.312 e. The van der Waals surface area contributed by atoms with Crippen LogP contribution in [-0.2, 0) is 6.54 Å². The lowest BCUT2D eigenvalue weighted by Crippen LogP contribution is -2.25. The Balaban J connectivity index is 1.49. The van der Waals surface area contributed by atoms with Crippen LogP contribution >= 0.6 is 11.6 Å². The fraction of sp³-hybridized carbons (Fsp3) is 0.643. The molecular formula is C14H19ClN2. The van der Waals surface area contributed by atoms with Gasteiger partial charge >= 0.3 is 0 Å². The van der Waals surface area contributed by atoms with Crippen LogP contribution in [0.2, 0.25) is 5.02 Å². The Morgan fingerprint density at radius 1 is 1.29 bits per heavy atom. The van der Waals surface area contributed by atoms with Crippen LogP contribution in [-0.4, -0.2) is 11.5 Å². The molecule has 0 aliphatic heterocycles. The highest BCUT2D eigenvalue weighted by Crippen LogP contribution is 2.48. The predicted molar refractivity (Wildman–Crippen MR) is 69.9 cm³/mol. The molecule has 17 heavy (non-hydrogen) atoms. The molecule has 0 saturated heterocycles. The van der Waals surface area contributed by atoms with Gasteiger partial charge in [-0.1, -0.05) is 11.6 Å². The lowest BCUT2D eigenvalue weighted by molar-refractivity contribution is 0.378. The van der Waals surface area contributed by atoms with Crippen molar-refractivity contribution in [3.05, 3.63) is 29.0 Å². The van der Waals surface area contributed by atoms with Crippen molar-refractivity contribution >= 4 is 11.6 Å². The van der Waals surface area contributed by atoms with E-state index in [4.69, 9.17) is 11.6 Å². The van der Waals surface area contributed by atoms with Crippen LogP contribution in [0.1, 0.15) is 31.2 Å². The van der Waals surface area contributed by atoms with E-state index in [1.165, 1.54) is 25.7 Å². The quantitative estimate of drug-likeness (QED) is 0.838. The third-order valence-corrected chi connectivity index (χ3v) is 4.35. The van der Waals surface area contributed by atoms with Crippen LogP contribution < -0.4 is 5.32 Å². The van der Waals surface area contributed by atoms with E-state index in [0.717, 1.165) is 41.4 Å². The van der Waals surface area contributed by atoms with Gasteiger partial charge in [-0.05, 0) is 61.6 Å². The molecule has 1 aromatic heterocycles. The summed E-state index contributed by atoms with van der Waals surface area (Å²) in [6, 6.07) is 2.00. The zero-order valence-corrected chi connectivity index (χ0v) is 10.8. The second-order valence-electron chi connectivity index (χ2n) is 5.44. The van der Waals surface area contributed by atoms with E-state index < -0.39 is 0 Å². The number of pyridine rings is 1. The van der Waals surface area contributed by atoms with Crippen molar-refractivity contribution in [2.45, 2.75) is 32.2 Å². The number of rotatable bonds is 6. The first-order chi connectivity index (χ1) is 8.34. The number of aromatic nitrogens is 1. The molecule has 0 bridgehead atoms. The fourth-order valence-electron chi connectivity index (χ4n) is 2.69. The third-order valence-electron chi connectivity index (χ3n) is 4.01. The molecule has 2 aliphatic carbocycles. The van der Waals surface area contributed by atoms with Crippen LogP contribution in [0.15, 0.2) is 18.5 Å². The average molecular weight is 251 g/mol. The Labute approximate surface area is 108 Å². The van der Waals surface area contributed by atoms with E-state index in [1.54, 1.807) is 6.20 Å². The summed E-state index contributed by atoms with van der Waals surface area (Å²) in [5.74, 6) is 2.96. The largest absolute Gasteiger partial charge is 0.312 e. The van der Waals surface area contributed by atoms with Crippen LogP contribution in [0.5, 0.6) is 0 Å². The zero-order valence-electron chi connectivity index (χ0n) is 10.0. The van der Waals surface area contributed by atoms with Crippen LogP contribution in [0.3, 0.4) is 0 Å². The van der Waals surface area contributed by atoms with Gasteiger partial charge in [-0.3, -0.25) is 4.98 Å². The first kappa shape index (κ1) is 11.5. The molecule has 2 fully saturated rings. The van der Waals surface area contributed by atoms with Gasteiger partial charge < -0.3 is 5.32 Å². The fourth-order valence-corrected chi connectivity index (χ4v) is 2.87. The second-order valence-corrected chi connectivity index (χ2v) is 5.84. The molecule has 2 aliphatic rings. The van der Waals surface area contributed by atoms with Gasteiger partial charge in [0.25, 0.3) is 0 Å². The maximum absolute atomic E-state index is 6.09. The molecule has 1 N–H and O–H groups in total. The maximum atomic E-state index is 6.09. The third kappa shape index (κ3) is 2.99. The molecule has 0 unspecified atom stereocenters. The molecule has 92 valence electrons. The lowest BCUT2D eigenvalue weighted by atomic mass is 9.98. The van der Waals surface area contributed by atoms with Gasteiger partial charge in [-0.15, -0.1) is 0 Å². The van der Waals surface area contributed by atoms with Gasteiger partial charge in [0, 0.05) is 18.9 Å². The van der Waals surface area contributed by atoms with E-state index in [-0.39, 0.29) is 0 Å². The Hall–Kier alpha value is -0.600. The molecule has 2 saturated carbocycles. The van der Waals surface area contributed by atoms with E-state index in [1.807, 2.05) is 12.3 Å². The summed E-state index contributed by atoms with van der Waals surface area (Å²) >= 11 is 6.09. The molecule has 2 nitrogen and oxygen atoms in total. The first-order valence-electron chi connectivity index (χ1n) is 6.63. The van der Waals surface area contributed by atoms with Crippen molar-refractivity contribution in [3.8, 4) is 0 Å². The van der Waals surface area contributed by atoms with Gasteiger partial charge in [0.15, 0.2) is 0 Å². The SMILES string of the molecule is Clc1cnccc1CNCC(C1CC1)C1CC1. The normalized spacial score (nSPS) is 19.9. The Morgan fingerprint density at radius 3 is 2.59 bits per heavy atom. The highest BCUT2D eigenvalue weighted by atomic mass is 35.5. The number of nitrogens with zero attached hydrogens (tertiary/aromatic N) is 1. The van der Waals surface area contributed by atoms with E-state index in [9.17, 15) is 0 Å². The molecule has 0 atom stereocenters. The van der Waals surface area contributed by atoms with Gasteiger partial charge in [0.2, 0.25) is 0 Å². The van der Waals surface area contributed by atoms with Crippen LogP contribution in [0, 0.1) is 17.8 Å². The minimum absolute atomic E-state index is 0.773. The molecule has 1 heterocycles. The second kappa shape index (κ2) is 4.95. The highest BCUT2D eigenvalue weighted by molar-refractivity contribution is 6.31. The predicted octanol–water partition coefficient (Wildman–Crippen LogP) is 3.26. The van der Waals surface area contributed by atoms with Crippen molar-refractivity contribution in [3.63, 3.8) is 0 Å². The van der Waals surface area contributed by atoms with Gasteiger partial charge in [-0.2, -0.15) is 0 Å². The van der Waals surface area contributed by atoms with Crippen LogP contribution in [0.25, 0.3) is 0 Å².